The molecule has 0 aliphatic heterocycles. The first-order chi connectivity index (χ1) is 9.27. The third kappa shape index (κ3) is 2.27. The molecule has 0 saturated carbocycles. The van der Waals surface area contributed by atoms with E-state index in [1.807, 2.05) is 20.8 Å². The lowest BCUT2D eigenvalue weighted by Crippen LogP contribution is -2.34. The van der Waals surface area contributed by atoms with Crippen molar-refractivity contribution in [2.75, 3.05) is 7.11 Å². The summed E-state index contributed by atoms with van der Waals surface area (Å²) in [5, 5.41) is 10.3. The Morgan fingerprint density at radius 3 is 2.40 bits per heavy atom. The lowest BCUT2D eigenvalue weighted by Gasteiger charge is -2.29. The minimum atomic E-state index is -0.988. The predicted octanol–water partition coefficient (Wildman–Crippen LogP) is 2.41. The van der Waals surface area contributed by atoms with Crippen LogP contribution < -0.4 is 4.74 Å². The van der Waals surface area contributed by atoms with Gasteiger partial charge in [0, 0.05) is 11.1 Å². The van der Waals surface area contributed by atoms with Crippen molar-refractivity contribution in [2.45, 2.75) is 26.9 Å². The summed E-state index contributed by atoms with van der Waals surface area (Å²) in [5.41, 5.74) is 0.182. The van der Waals surface area contributed by atoms with Crippen molar-refractivity contribution in [1.82, 2.24) is 0 Å². The van der Waals surface area contributed by atoms with E-state index in [1.165, 1.54) is 13.2 Å². The van der Waals surface area contributed by atoms with Gasteiger partial charge in [-0.15, -0.1) is 0 Å². The molecule has 0 amide bonds. The molecule has 1 atom stereocenters. The molecule has 1 aromatic carbocycles. The summed E-state index contributed by atoms with van der Waals surface area (Å²) in [6.45, 7) is 5.45. The lowest BCUT2D eigenvalue weighted by molar-refractivity contribution is 0.0761. The third-order valence-corrected chi connectivity index (χ3v) is 3.40. The number of carbonyl (C=O) groups excluding carboxylic acids is 2. The topological polar surface area (TPSA) is 63.6 Å². The number of methoxy groups -OCH3 is 1. The van der Waals surface area contributed by atoms with E-state index in [9.17, 15) is 14.7 Å². The molecule has 0 saturated heterocycles. The monoisotopic (exact) mass is 274 g/mol. The molecule has 0 radical (unpaired) electrons. The zero-order valence-corrected chi connectivity index (χ0v) is 12.1. The number of aliphatic hydroxyl groups excluding tert-OH is 1. The second kappa shape index (κ2) is 4.87. The summed E-state index contributed by atoms with van der Waals surface area (Å²) in [4.78, 5) is 24.7. The number of carbonyl (C=O) groups is 2. The molecule has 1 aromatic rings. The smallest absolute Gasteiger partial charge is 0.192 e. The first-order valence-electron chi connectivity index (χ1n) is 6.43. The molecular formula is C16H18O4. The van der Waals surface area contributed by atoms with Crippen LogP contribution in [0.2, 0.25) is 0 Å². The number of allylic oxidation sites excluding steroid dienone is 1. The van der Waals surface area contributed by atoms with Gasteiger partial charge >= 0.3 is 0 Å². The van der Waals surface area contributed by atoms with E-state index in [1.54, 1.807) is 18.2 Å². The second-order valence-corrected chi connectivity index (χ2v) is 5.94. The van der Waals surface area contributed by atoms with Crippen LogP contribution in [0.15, 0.2) is 29.8 Å². The van der Waals surface area contributed by atoms with Gasteiger partial charge in [-0.05, 0) is 17.6 Å². The summed E-state index contributed by atoms with van der Waals surface area (Å²) in [6, 6.07) is 4.89. The highest BCUT2D eigenvalue weighted by atomic mass is 16.5. The number of benzene rings is 1. The fraction of sp³-hybridized carbons (Fsp3) is 0.375. The lowest BCUT2D eigenvalue weighted by atomic mass is 9.78. The molecular weight excluding hydrogens is 256 g/mol. The summed E-state index contributed by atoms with van der Waals surface area (Å²) in [5.74, 6) is -0.252. The van der Waals surface area contributed by atoms with Crippen LogP contribution in [0, 0.1) is 5.41 Å². The van der Waals surface area contributed by atoms with E-state index in [0.717, 1.165) is 0 Å². The van der Waals surface area contributed by atoms with Gasteiger partial charge in [0.25, 0.3) is 0 Å². The Kier molecular flexibility index (Phi) is 3.52. The van der Waals surface area contributed by atoms with Gasteiger partial charge in [-0.25, -0.2) is 0 Å². The maximum absolute atomic E-state index is 12.5. The van der Waals surface area contributed by atoms with E-state index in [0.29, 0.717) is 5.75 Å². The Labute approximate surface area is 118 Å². The van der Waals surface area contributed by atoms with E-state index < -0.39 is 11.5 Å². The fourth-order valence-corrected chi connectivity index (χ4v) is 2.25. The Balaban J connectivity index is 2.55. The van der Waals surface area contributed by atoms with Crippen LogP contribution in [0.3, 0.4) is 0 Å². The average molecular weight is 274 g/mol. The number of fused-ring (bicyclic) bond motifs is 1. The molecule has 2 rings (SSSR count). The van der Waals surface area contributed by atoms with Gasteiger partial charge < -0.3 is 9.84 Å². The summed E-state index contributed by atoms with van der Waals surface area (Å²) in [6.07, 6.45) is 0.238. The third-order valence-electron chi connectivity index (χ3n) is 3.40. The van der Waals surface area contributed by atoms with Gasteiger partial charge in [0.1, 0.15) is 5.75 Å². The number of Topliss-reactive ketones (excluding diaryl/α,β-unsaturated/α-hetero) is 1. The molecule has 0 bridgehead atoms. The number of ether oxygens (including phenoxy) is 1. The second-order valence-electron chi connectivity index (χ2n) is 5.94. The van der Waals surface area contributed by atoms with Gasteiger partial charge in [0.15, 0.2) is 11.6 Å². The Hall–Kier alpha value is -1.94. The number of rotatable bonds is 2. The average Bonchev–Trinajstić information content (AvgIpc) is 2.40. The van der Waals surface area contributed by atoms with Crippen LogP contribution in [0.25, 0.3) is 0 Å². The molecule has 4 heteroatoms. The number of ketones is 2. The van der Waals surface area contributed by atoms with Crippen molar-refractivity contribution in [1.29, 1.82) is 0 Å². The predicted molar refractivity (Wildman–Crippen MR) is 75.2 cm³/mol. The number of aliphatic hydroxyl groups is 1. The standard InChI is InChI=1S/C16H18O4/c1-16(2,3)15(19)10-8-11(17)13-9(14(10)18)6-5-7-12(13)20-4/h5-8,15,19H,1-4H3. The number of hydrogen-bond donors (Lipinski definition) is 1. The molecule has 4 nitrogen and oxygen atoms in total. The van der Waals surface area contributed by atoms with E-state index in [-0.39, 0.29) is 28.3 Å². The highest BCUT2D eigenvalue weighted by Gasteiger charge is 2.36. The first kappa shape index (κ1) is 14.5. The van der Waals surface area contributed by atoms with Gasteiger partial charge in [-0.2, -0.15) is 0 Å². The van der Waals surface area contributed by atoms with Crippen molar-refractivity contribution in [3.8, 4) is 5.75 Å². The van der Waals surface area contributed by atoms with Crippen LogP contribution >= 0.6 is 0 Å². The van der Waals surface area contributed by atoms with Crippen LogP contribution in [-0.2, 0) is 0 Å². The van der Waals surface area contributed by atoms with Crippen molar-refractivity contribution in [3.63, 3.8) is 0 Å². The van der Waals surface area contributed by atoms with Crippen LogP contribution in [0.5, 0.6) is 5.75 Å². The Morgan fingerprint density at radius 2 is 1.85 bits per heavy atom. The van der Waals surface area contributed by atoms with E-state index in [2.05, 4.69) is 0 Å². The number of hydrogen-bond acceptors (Lipinski definition) is 4. The summed E-state index contributed by atoms with van der Waals surface area (Å²) in [7, 11) is 1.45. The van der Waals surface area contributed by atoms with Crippen LogP contribution in [0.1, 0.15) is 41.5 Å². The van der Waals surface area contributed by atoms with Crippen molar-refractivity contribution in [3.05, 3.63) is 41.0 Å². The molecule has 1 N–H and O–H groups in total. The van der Waals surface area contributed by atoms with E-state index in [4.69, 9.17) is 4.74 Å². The van der Waals surface area contributed by atoms with Gasteiger partial charge in [0.05, 0.1) is 18.8 Å². The maximum Gasteiger partial charge on any atom is 0.192 e. The van der Waals surface area contributed by atoms with Crippen LogP contribution in [0.4, 0.5) is 0 Å². The molecule has 0 spiro atoms. The quantitative estimate of drug-likeness (QED) is 0.899. The molecule has 0 fully saturated rings. The zero-order valence-electron chi connectivity index (χ0n) is 12.1. The Bertz CT molecular complexity index is 605. The molecule has 1 aliphatic carbocycles. The SMILES string of the molecule is COc1cccc2c1C(=O)C=C(C(O)C(C)(C)C)C2=O. The minimum Gasteiger partial charge on any atom is -0.496 e. The highest BCUT2D eigenvalue weighted by molar-refractivity contribution is 6.25. The van der Waals surface area contributed by atoms with Gasteiger partial charge in [-0.1, -0.05) is 32.9 Å². The summed E-state index contributed by atoms with van der Waals surface area (Å²) < 4.78 is 5.13. The normalized spacial score (nSPS) is 16.6. The van der Waals surface area contributed by atoms with Crippen molar-refractivity contribution >= 4 is 11.6 Å². The maximum atomic E-state index is 12.5. The molecule has 106 valence electrons. The van der Waals surface area contributed by atoms with E-state index >= 15 is 0 Å². The highest BCUT2D eigenvalue weighted by Crippen LogP contribution is 2.34. The summed E-state index contributed by atoms with van der Waals surface area (Å²) >= 11 is 0. The molecule has 0 aromatic heterocycles. The van der Waals surface area contributed by atoms with Crippen LogP contribution in [-0.4, -0.2) is 29.9 Å². The van der Waals surface area contributed by atoms with Gasteiger partial charge in [0.2, 0.25) is 0 Å². The molecule has 0 heterocycles. The molecule has 1 aliphatic rings. The van der Waals surface area contributed by atoms with Crippen molar-refractivity contribution < 1.29 is 19.4 Å². The molecule has 1 unspecified atom stereocenters. The first-order valence-corrected chi connectivity index (χ1v) is 6.43. The van der Waals surface area contributed by atoms with Crippen molar-refractivity contribution in [2.24, 2.45) is 5.41 Å². The van der Waals surface area contributed by atoms with Gasteiger partial charge in [-0.3, -0.25) is 9.59 Å². The fourth-order valence-electron chi connectivity index (χ4n) is 2.25. The zero-order chi connectivity index (χ0) is 15.1. The largest absolute Gasteiger partial charge is 0.496 e. The molecule has 20 heavy (non-hydrogen) atoms. The minimum absolute atomic E-state index is 0.142. The Morgan fingerprint density at radius 1 is 1.20 bits per heavy atom.